The van der Waals surface area contributed by atoms with Crippen LogP contribution in [-0.2, 0) is 24.5 Å². The van der Waals surface area contributed by atoms with E-state index in [1.54, 1.807) is 6.26 Å². The summed E-state index contributed by atoms with van der Waals surface area (Å²) in [6, 6.07) is 0.147. The SMILES string of the molecule is CC1COCC2(C)COc3c(nc(Cl)nc3C(C)(C)[SH+](C)=O)N12. The standard InChI is InChI=1S/C15H22ClN3O3S/c1-9-6-21-7-15(4)8-22-10-11(14(2,3)23(5)20)17-13(16)18-12(10)19(9)15/h9H,6-8H2,1-5H3/p+1. The first-order chi connectivity index (χ1) is 10.7. The number of hydrogen-bond donors (Lipinski definition) is 0. The number of ether oxygens (including phenoxy) is 2. The first-order valence-electron chi connectivity index (χ1n) is 7.66. The molecule has 128 valence electrons. The molecular weight excluding hydrogens is 338 g/mol. The Labute approximate surface area is 144 Å². The molecule has 0 aromatic carbocycles. The Morgan fingerprint density at radius 3 is 2.74 bits per heavy atom. The molecule has 6 nitrogen and oxygen atoms in total. The Morgan fingerprint density at radius 2 is 2.09 bits per heavy atom. The van der Waals surface area contributed by atoms with Gasteiger partial charge in [-0.05, 0) is 39.3 Å². The Hall–Kier alpha value is -0.920. The molecule has 3 heterocycles. The zero-order valence-electron chi connectivity index (χ0n) is 14.1. The van der Waals surface area contributed by atoms with E-state index in [0.29, 0.717) is 37.1 Å². The van der Waals surface area contributed by atoms with Crippen LogP contribution in [0.1, 0.15) is 33.4 Å². The molecule has 0 saturated carbocycles. The Balaban J connectivity index is 2.20. The smallest absolute Gasteiger partial charge is 0.225 e. The molecule has 3 atom stereocenters. The van der Waals surface area contributed by atoms with Crippen molar-refractivity contribution in [1.29, 1.82) is 0 Å². The predicted octanol–water partition coefficient (Wildman–Crippen LogP) is 2.07. The van der Waals surface area contributed by atoms with Gasteiger partial charge >= 0.3 is 0 Å². The largest absolute Gasteiger partial charge is 0.485 e. The van der Waals surface area contributed by atoms with Gasteiger partial charge in [-0.1, -0.05) is 0 Å². The number of halogens is 1. The second-order valence-electron chi connectivity index (χ2n) is 7.07. The lowest BCUT2D eigenvalue weighted by atomic mass is 9.95. The minimum Gasteiger partial charge on any atom is -0.485 e. The number of rotatable bonds is 2. The molecule has 3 unspecified atom stereocenters. The first-order valence-corrected chi connectivity index (χ1v) is 9.74. The van der Waals surface area contributed by atoms with Gasteiger partial charge in [0.15, 0.2) is 16.3 Å². The maximum absolute atomic E-state index is 12.2. The first kappa shape index (κ1) is 16.9. The number of aromatic nitrogens is 2. The summed E-state index contributed by atoms with van der Waals surface area (Å²) in [5.41, 5.74) is 0.315. The number of hydrogen-bond acceptors (Lipinski definition) is 6. The third kappa shape index (κ3) is 2.62. The normalized spacial score (nSPS) is 28.6. The topological polar surface area (TPSA) is 64.5 Å². The number of nitrogens with zero attached hydrogens (tertiary/aromatic N) is 3. The van der Waals surface area contributed by atoms with E-state index in [-0.39, 0.29) is 16.9 Å². The van der Waals surface area contributed by atoms with Crippen molar-refractivity contribution in [2.24, 2.45) is 0 Å². The van der Waals surface area contributed by atoms with Gasteiger partial charge in [-0.3, -0.25) is 0 Å². The summed E-state index contributed by atoms with van der Waals surface area (Å²) in [4.78, 5) is 11.0. The van der Waals surface area contributed by atoms with E-state index in [4.69, 9.17) is 21.1 Å². The summed E-state index contributed by atoms with van der Waals surface area (Å²) in [7, 11) is -1.51. The van der Waals surface area contributed by atoms with Crippen molar-refractivity contribution < 1.29 is 13.7 Å². The molecule has 1 saturated heterocycles. The van der Waals surface area contributed by atoms with Gasteiger partial charge < -0.3 is 14.4 Å². The number of fused-ring (bicyclic) bond motifs is 3. The Bertz CT molecular complexity index is 670. The summed E-state index contributed by atoms with van der Waals surface area (Å²) in [6.07, 6.45) is 1.70. The summed E-state index contributed by atoms with van der Waals surface area (Å²) in [6.45, 7) is 9.63. The highest BCUT2D eigenvalue weighted by Crippen LogP contribution is 2.45. The van der Waals surface area contributed by atoms with Crippen LogP contribution in [0.15, 0.2) is 0 Å². The molecule has 0 amide bonds. The summed E-state index contributed by atoms with van der Waals surface area (Å²) in [5.74, 6) is 1.27. The van der Waals surface area contributed by atoms with Gasteiger partial charge in [-0.25, -0.2) is 4.98 Å². The van der Waals surface area contributed by atoms with E-state index in [9.17, 15) is 4.21 Å². The summed E-state index contributed by atoms with van der Waals surface area (Å²) < 4.78 is 23.3. The fourth-order valence-corrected chi connectivity index (χ4v) is 3.82. The minimum atomic E-state index is -1.51. The van der Waals surface area contributed by atoms with Crippen molar-refractivity contribution in [2.75, 3.05) is 31.0 Å². The van der Waals surface area contributed by atoms with Gasteiger partial charge in [0.1, 0.15) is 18.6 Å². The Kier molecular flexibility index (Phi) is 4.09. The van der Waals surface area contributed by atoms with E-state index in [1.165, 1.54) is 0 Å². The van der Waals surface area contributed by atoms with Crippen LogP contribution in [0.4, 0.5) is 5.82 Å². The van der Waals surface area contributed by atoms with E-state index in [0.717, 1.165) is 0 Å². The van der Waals surface area contributed by atoms with Gasteiger partial charge in [0, 0.05) is 0 Å². The van der Waals surface area contributed by atoms with Crippen molar-refractivity contribution in [3.8, 4) is 5.75 Å². The van der Waals surface area contributed by atoms with Crippen LogP contribution in [0.25, 0.3) is 0 Å². The summed E-state index contributed by atoms with van der Waals surface area (Å²) in [5, 5.41) is 0.148. The molecule has 8 heteroatoms. The van der Waals surface area contributed by atoms with Gasteiger partial charge in [0.05, 0.1) is 35.6 Å². The molecule has 1 aromatic heterocycles. The maximum Gasteiger partial charge on any atom is 0.225 e. The number of anilines is 1. The third-order valence-electron chi connectivity index (χ3n) is 4.74. The highest BCUT2D eigenvalue weighted by molar-refractivity contribution is 7.85. The molecular formula is C15H23ClN3O3S+. The average molecular weight is 361 g/mol. The average Bonchev–Trinajstić information content (AvgIpc) is 2.45. The van der Waals surface area contributed by atoms with Crippen molar-refractivity contribution in [2.45, 2.75) is 44.0 Å². The molecule has 2 aliphatic rings. The predicted molar refractivity (Wildman–Crippen MR) is 92.1 cm³/mol. The van der Waals surface area contributed by atoms with Crippen LogP contribution in [0.2, 0.25) is 5.28 Å². The monoisotopic (exact) mass is 360 g/mol. The van der Waals surface area contributed by atoms with Crippen LogP contribution in [0.3, 0.4) is 0 Å². The fourth-order valence-electron chi connectivity index (χ4n) is 3.20. The minimum absolute atomic E-state index is 0.147. The molecule has 0 bridgehead atoms. The summed E-state index contributed by atoms with van der Waals surface area (Å²) >= 11 is 6.19. The lowest BCUT2D eigenvalue weighted by Gasteiger charge is -2.51. The van der Waals surface area contributed by atoms with E-state index >= 15 is 0 Å². The number of thiol groups is 1. The van der Waals surface area contributed by atoms with Gasteiger partial charge in [-0.15, -0.1) is 4.21 Å². The van der Waals surface area contributed by atoms with E-state index < -0.39 is 15.5 Å². The Morgan fingerprint density at radius 1 is 1.39 bits per heavy atom. The van der Waals surface area contributed by atoms with Crippen LogP contribution >= 0.6 is 11.6 Å². The van der Waals surface area contributed by atoms with Crippen LogP contribution in [0.5, 0.6) is 5.75 Å². The highest BCUT2D eigenvalue weighted by Gasteiger charge is 2.48. The molecule has 0 aliphatic carbocycles. The van der Waals surface area contributed by atoms with E-state index in [1.807, 2.05) is 13.8 Å². The lowest BCUT2D eigenvalue weighted by Crippen LogP contribution is -2.64. The van der Waals surface area contributed by atoms with Gasteiger partial charge in [0.25, 0.3) is 0 Å². The zero-order valence-corrected chi connectivity index (χ0v) is 15.7. The molecule has 0 N–H and O–H groups in total. The van der Waals surface area contributed by atoms with Crippen molar-refractivity contribution in [3.63, 3.8) is 0 Å². The van der Waals surface area contributed by atoms with Crippen molar-refractivity contribution in [1.82, 2.24) is 9.97 Å². The van der Waals surface area contributed by atoms with Crippen molar-refractivity contribution >= 4 is 28.2 Å². The molecule has 0 spiro atoms. The molecule has 0 radical (unpaired) electrons. The molecule has 3 rings (SSSR count). The zero-order chi connectivity index (χ0) is 17.0. The van der Waals surface area contributed by atoms with Gasteiger partial charge in [0.2, 0.25) is 5.28 Å². The van der Waals surface area contributed by atoms with E-state index in [2.05, 4.69) is 28.7 Å². The molecule has 2 aliphatic heterocycles. The lowest BCUT2D eigenvalue weighted by molar-refractivity contribution is 0.00703. The molecule has 23 heavy (non-hydrogen) atoms. The van der Waals surface area contributed by atoms with Crippen LogP contribution in [-0.4, -0.2) is 47.6 Å². The fraction of sp³-hybridized carbons (Fsp3) is 0.733. The molecule has 1 aromatic rings. The second kappa shape index (κ2) is 5.57. The van der Waals surface area contributed by atoms with Crippen molar-refractivity contribution in [3.05, 3.63) is 11.0 Å². The highest BCUT2D eigenvalue weighted by atomic mass is 35.5. The maximum atomic E-state index is 12.2. The number of morpholine rings is 1. The van der Waals surface area contributed by atoms with Crippen LogP contribution < -0.4 is 9.64 Å². The third-order valence-corrected chi connectivity index (χ3v) is 6.69. The molecule has 1 fully saturated rings. The second-order valence-corrected chi connectivity index (χ2v) is 9.52. The van der Waals surface area contributed by atoms with Crippen LogP contribution in [0, 0.1) is 0 Å². The van der Waals surface area contributed by atoms with Gasteiger partial charge in [-0.2, -0.15) is 4.98 Å². The quantitative estimate of drug-likeness (QED) is 0.457.